The molecule has 0 aliphatic rings. The van der Waals surface area contributed by atoms with Crippen LogP contribution in [0.2, 0.25) is 0 Å². The number of carbonyl (C=O) groups excluding carboxylic acids is 1. The molecule has 1 rings (SSSR count). The number of halogens is 1. The molecule has 1 aromatic rings. The third-order valence-electron chi connectivity index (χ3n) is 1.91. The van der Waals surface area contributed by atoms with Crippen LogP contribution in [0.5, 0.6) is 0 Å². The lowest BCUT2D eigenvalue weighted by molar-refractivity contribution is -0.141. The molecule has 2 N–H and O–H groups in total. The Kier molecular flexibility index (Phi) is 8.07. The van der Waals surface area contributed by atoms with Crippen molar-refractivity contribution in [2.75, 3.05) is 12.9 Å². The first-order chi connectivity index (χ1) is 7.24. The van der Waals surface area contributed by atoms with Crippen LogP contribution >= 0.6 is 11.8 Å². The Hall–Kier alpha value is -0.710. The van der Waals surface area contributed by atoms with E-state index >= 15 is 0 Å². The summed E-state index contributed by atoms with van der Waals surface area (Å²) in [5, 5.41) is 0. The fraction of sp³-hybridized carbons (Fsp3) is 0.364. The Morgan fingerprint density at radius 1 is 1.50 bits per heavy atom. The summed E-state index contributed by atoms with van der Waals surface area (Å²) in [6.07, 6.45) is 0. The average Bonchev–Trinajstić information content (AvgIpc) is 2.29. The molecule has 0 spiro atoms. The number of methoxy groups -OCH3 is 1. The highest BCUT2D eigenvalue weighted by Crippen LogP contribution is 2.12. The maximum absolute atomic E-state index is 11.0. The number of carbonyl (C=O) groups is 1. The predicted molar refractivity (Wildman–Crippen MR) is 63.7 cm³/mol. The number of benzene rings is 1. The third kappa shape index (κ3) is 5.39. The van der Waals surface area contributed by atoms with Gasteiger partial charge in [-0.2, -0.15) is 11.8 Å². The van der Waals surface area contributed by atoms with Gasteiger partial charge in [0, 0.05) is 11.5 Å². The molecule has 3 nitrogen and oxygen atoms in total. The Morgan fingerprint density at radius 2 is 2.12 bits per heavy atom. The number of esters is 1. The highest BCUT2D eigenvalue weighted by molar-refractivity contribution is 7.98. The molecule has 0 radical (unpaired) electrons. The molecule has 0 saturated heterocycles. The van der Waals surface area contributed by atoms with Gasteiger partial charge in [0.15, 0.2) is 0 Å². The fourth-order valence-electron chi connectivity index (χ4n) is 1.10. The highest BCUT2D eigenvalue weighted by atomic mass is 35.5. The monoisotopic (exact) mass is 261 g/mol. The maximum atomic E-state index is 11.0. The van der Waals surface area contributed by atoms with Gasteiger partial charge in [-0.25, -0.2) is 0 Å². The lowest BCUT2D eigenvalue weighted by Crippen LogP contribution is -3.00. The molecule has 1 aromatic carbocycles. The summed E-state index contributed by atoms with van der Waals surface area (Å²) < 4.78 is 4.54. The minimum Gasteiger partial charge on any atom is -1.00 e. The molecule has 16 heavy (non-hydrogen) atoms. The molecule has 0 bridgehead atoms. The zero-order chi connectivity index (χ0) is 11.1. The lowest BCUT2D eigenvalue weighted by Gasteiger charge is -2.08. The molecule has 0 amide bonds. The van der Waals surface area contributed by atoms with E-state index in [2.05, 4.69) is 16.9 Å². The Bertz CT molecular complexity index is 314. The van der Waals surface area contributed by atoms with Crippen LogP contribution in [0, 0.1) is 0 Å². The van der Waals surface area contributed by atoms with Crippen LogP contribution in [0.1, 0.15) is 6.99 Å². The van der Waals surface area contributed by atoms with Gasteiger partial charge in [0.05, 0.1) is 7.11 Å². The van der Waals surface area contributed by atoms with Crippen molar-refractivity contribution in [3.63, 3.8) is 0 Å². The summed E-state index contributed by atoms with van der Waals surface area (Å²) in [5.41, 5.74) is 6.83. The molecule has 1 atom stereocenters. The molecule has 0 aliphatic heterocycles. The van der Waals surface area contributed by atoms with E-state index in [4.69, 9.17) is 5.73 Å². The van der Waals surface area contributed by atoms with Gasteiger partial charge in [0.25, 0.3) is 0 Å². The SMILES string of the molecule is COC(=O)C(N)CSCc1ccccc1.[Cl-].[H+]. The van der Waals surface area contributed by atoms with Crippen LogP contribution in [0.15, 0.2) is 30.3 Å². The van der Waals surface area contributed by atoms with E-state index in [9.17, 15) is 4.79 Å². The van der Waals surface area contributed by atoms with E-state index in [0.29, 0.717) is 5.75 Å². The zero-order valence-corrected chi connectivity index (χ0v) is 10.6. The average molecular weight is 262 g/mol. The van der Waals surface area contributed by atoms with Crippen molar-refractivity contribution in [3.8, 4) is 0 Å². The molecular formula is C11H16ClNO2S. The molecule has 1 unspecified atom stereocenters. The van der Waals surface area contributed by atoms with Crippen molar-refractivity contribution in [1.29, 1.82) is 0 Å². The number of thioether (sulfide) groups is 1. The maximum Gasteiger partial charge on any atom is 1.00 e. The Labute approximate surface area is 108 Å². The van der Waals surface area contributed by atoms with Crippen LogP contribution in [0.25, 0.3) is 0 Å². The number of ether oxygens (including phenoxy) is 1. The minimum absolute atomic E-state index is 0. The molecule has 0 aliphatic carbocycles. The minimum atomic E-state index is -0.524. The molecule has 90 valence electrons. The number of hydrogen-bond donors (Lipinski definition) is 1. The lowest BCUT2D eigenvalue weighted by atomic mass is 10.2. The first-order valence-corrected chi connectivity index (χ1v) is 5.84. The van der Waals surface area contributed by atoms with Gasteiger partial charge in [-0.3, -0.25) is 4.79 Å². The van der Waals surface area contributed by atoms with Gasteiger partial charge < -0.3 is 22.9 Å². The second-order valence-electron chi connectivity index (χ2n) is 3.13. The molecule has 0 heterocycles. The normalized spacial score (nSPS) is 11.4. The van der Waals surface area contributed by atoms with Gasteiger partial charge in [0.2, 0.25) is 0 Å². The highest BCUT2D eigenvalue weighted by Gasteiger charge is 2.12. The van der Waals surface area contributed by atoms with Crippen LogP contribution in [-0.4, -0.2) is 24.9 Å². The topological polar surface area (TPSA) is 52.3 Å². The Balaban J connectivity index is 0. The standard InChI is InChI=1S/C11H15NO2S.ClH/c1-14-11(13)10(12)8-15-7-9-5-3-2-4-6-9;/h2-6,10H,7-8,12H2,1H3;1H. The van der Waals surface area contributed by atoms with E-state index < -0.39 is 6.04 Å². The first kappa shape index (κ1) is 15.3. The zero-order valence-electron chi connectivity index (χ0n) is 10.1. The first-order valence-electron chi connectivity index (χ1n) is 4.69. The quantitative estimate of drug-likeness (QED) is 0.658. The fourth-order valence-corrected chi connectivity index (χ4v) is 2.03. The van der Waals surface area contributed by atoms with Gasteiger partial charge in [-0.1, -0.05) is 30.3 Å². The van der Waals surface area contributed by atoms with Crippen LogP contribution < -0.4 is 18.1 Å². The van der Waals surface area contributed by atoms with E-state index in [0.717, 1.165) is 5.75 Å². The van der Waals surface area contributed by atoms with Gasteiger partial charge in [-0.05, 0) is 5.56 Å². The molecule has 0 aromatic heterocycles. The summed E-state index contributed by atoms with van der Waals surface area (Å²) in [6, 6.07) is 9.55. The van der Waals surface area contributed by atoms with Crippen LogP contribution in [0.4, 0.5) is 0 Å². The van der Waals surface area contributed by atoms with Crippen molar-refractivity contribution in [3.05, 3.63) is 35.9 Å². The summed E-state index contributed by atoms with van der Waals surface area (Å²) >= 11 is 1.63. The molecular weight excluding hydrogens is 246 g/mol. The van der Waals surface area contributed by atoms with Gasteiger partial charge >= 0.3 is 7.40 Å². The van der Waals surface area contributed by atoms with E-state index in [1.807, 2.05) is 18.2 Å². The number of nitrogens with two attached hydrogens (primary N) is 1. The number of rotatable bonds is 5. The van der Waals surface area contributed by atoms with Crippen molar-refractivity contribution in [2.24, 2.45) is 5.73 Å². The predicted octanol–water partition coefficient (Wildman–Crippen LogP) is -1.46. The van der Waals surface area contributed by atoms with Crippen molar-refractivity contribution >= 4 is 17.7 Å². The van der Waals surface area contributed by atoms with E-state index in [1.165, 1.54) is 12.7 Å². The Morgan fingerprint density at radius 3 is 2.69 bits per heavy atom. The van der Waals surface area contributed by atoms with Crippen LogP contribution in [-0.2, 0) is 15.3 Å². The largest absolute Gasteiger partial charge is 1.00 e. The number of hydrogen-bond acceptors (Lipinski definition) is 4. The van der Waals surface area contributed by atoms with Crippen LogP contribution in [0.3, 0.4) is 0 Å². The second-order valence-corrected chi connectivity index (χ2v) is 4.16. The summed E-state index contributed by atoms with van der Waals surface area (Å²) in [4.78, 5) is 11.0. The van der Waals surface area contributed by atoms with Crippen molar-refractivity contribution < 1.29 is 23.4 Å². The molecule has 5 heteroatoms. The van der Waals surface area contributed by atoms with E-state index in [1.54, 1.807) is 11.8 Å². The second kappa shape index (κ2) is 8.44. The van der Waals surface area contributed by atoms with Gasteiger partial charge in [0.1, 0.15) is 6.04 Å². The van der Waals surface area contributed by atoms with E-state index in [-0.39, 0.29) is 19.8 Å². The van der Waals surface area contributed by atoms with Gasteiger partial charge in [-0.15, -0.1) is 0 Å². The van der Waals surface area contributed by atoms with Crippen molar-refractivity contribution in [2.45, 2.75) is 11.8 Å². The summed E-state index contributed by atoms with van der Waals surface area (Å²) in [7, 11) is 1.35. The summed E-state index contributed by atoms with van der Waals surface area (Å²) in [5.74, 6) is 1.10. The van der Waals surface area contributed by atoms with Crippen molar-refractivity contribution in [1.82, 2.24) is 0 Å². The molecule has 0 fully saturated rings. The summed E-state index contributed by atoms with van der Waals surface area (Å²) in [6.45, 7) is 0. The third-order valence-corrected chi connectivity index (χ3v) is 3.05. The smallest absolute Gasteiger partial charge is 1.00 e. The molecule has 0 saturated carbocycles.